The van der Waals surface area contributed by atoms with Gasteiger partial charge >= 0.3 is 0 Å². The number of methoxy groups -OCH3 is 1. The molecule has 0 aliphatic carbocycles. The van der Waals surface area contributed by atoms with Gasteiger partial charge in [0, 0.05) is 12.5 Å². The van der Waals surface area contributed by atoms with E-state index < -0.39 is 0 Å². The number of hydrogen-bond acceptors (Lipinski definition) is 2. The normalized spacial score (nSPS) is 12.1. The molecule has 0 aromatic heterocycles. The quantitative estimate of drug-likeness (QED) is 0.837. The van der Waals surface area contributed by atoms with E-state index in [2.05, 4.69) is 18.3 Å². The average molecular weight is 287 g/mol. The molecule has 2 aromatic carbocycles. The molecule has 0 saturated carbocycles. The molecular formula is C18H22FNO. The van der Waals surface area contributed by atoms with Gasteiger partial charge in [-0.1, -0.05) is 37.3 Å². The highest BCUT2D eigenvalue weighted by Crippen LogP contribution is 2.26. The highest BCUT2D eigenvalue weighted by molar-refractivity contribution is 5.35. The zero-order valence-corrected chi connectivity index (χ0v) is 12.6. The average Bonchev–Trinajstić information content (AvgIpc) is 2.52. The lowest BCUT2D eigenvalue weighted by Crippen LogP contribution is -2.22. The first kappa shape index (κ1) is 15.5. The first-order chi connectivity index (χ1) is 10.2. The second kappa shape index (κ2) is 7.79. The van der Waals surface area contributed by atoms with Gasteiger partial charge in [-0.15, -0.1) is 0 Å². The van der Waals surface area contributed by atoms with Gasteiger partial charge in [-0.2, -0.15) is 0 Å². The second-order valence-corrected chi connectivity index (χ2v) is 5.07. The first-order valence-corrected chi connectivity index (χ1v) is 7.32. The summed E-state index contributed by atoms with van der Waals surface area (Å²) in [5.41, 5.74) is 2.32. The Hall–Kier alpha value is -1.87. The molecule has 1 atom stereocenters. The van der Waals surface area contributed by atoms with Crippen LogP contribution in [0, 0.1) is 5.82 Å². The third kappa shape index (κ3) is 4.30. The molecule has 0 aliphatic rings. The van der Waals surface area contributed by atoms with Crippen LogP contribution in [0.1, 0.15) is 24.0 Å². The van der Waals surface area contributed by atoms with Crippen LogP contribution in [0.4, 0.5) is 4.39 Å². The van der Waals surface area contributed by atoms with Crippen LogP contribution in [0.25, 0.3) is 0 Å². The molecule has 21 heavy (non-hydrogen) atoms. The summed E-state index contributed by atoms with van der Waals surface area (Å²) in [6.45, 7) is 3.87. The number of halogens is 1. The summed E-state index contributed by atoms with van der Waals surface area (Å²) >= 11 is 0. The van der Waals surface area contributed by atoms with Crippen molar-refractivity contribution in [2.75, 3.05) is 20.2 Å². The van der Waals surface area contributed by atoms with Gasteiger partial charge in [0.25, 0.3) is 0 Å². The van der Waals surface area contributed by atoms with Crippen molar-refractivity contribution in [1.29, 1.82) is 0 Å². The summed E-state index contributed by atoms with van der Waals surface area (Å²) < 4.78 is 18.5. The fourth-order valence-electron chi connectivity index (χ4n) is 2.50. The highest BCUT2D eigenvalue weighted by Gasteiger charge is 2.14. The van der Waals surface area contributed by atoms with Crippen LogP contribution in [-0.4, -0.2) is 20.2 Å². The van der Waals surface area contributed by atoms with Crippen LogP contribution in [0.5, 0.6) is 5.75 Å². The molecule has 0 spiro atoms. The molecule has 112 valence electrons. The zero-order valence-electron chi connectivity index (χ0n) is 12.6. The lowest BCUT2D eigenvalue weighted by molar-refractivity contribution is 0.407. The Morgan fingerprint density at radius 2 is 1.81 bits per heavy atom. The molecule has 1 N–H and O–H groups in total. The third-order valence-electron chi connectivity index (χ3n) is 3.64. The molecule has 0 fully saturated rings. The molecule has 3 heteroatoms. The van der Waals surface area contributed by atoms with Gasteiger partial charge in [-0.3, -0.25) is 0 Å². The van der Waals surface area contributed by atoms with E-state index in [1.165, 1.54) is 17.7 Å². The van der Waals surface area contributed by atoms with Gasteiger partial charge in [0.1, 0.15) is 11.6 Å². The molecule has 2 aromatic rings. The fraction of sp³-hybridized carbons (Fsp3) is 0.333. The molecule has 0 heterocycles. The minimum Gasteiger partial charge on any atom is -0.496 e. The van der Waals surface area contributed by atoms with E-state index in [-0.39, 0.29) is 5.82 Å². The minimum absolute atomic E-state index is 0.196. The largest absolute Gasteiger partial charge is 0.496 e. The minimum atomic E-state index is -0.196. The van der Waals surface area contributed by atoms with Crippen molar-refractivity contribution in [2.45, 2.75) is 19.3 Å². The maximum Gasteiger partial charge on any atom is 0.123 e. The second-order valence-electron chi connectivity index (χ2n) is 5.07. The van der Waals surface area contributed by atoms with Crippen molar-refractivity contribution < 1.29 is 9.13 Å². The summed E-state index contributed by atoms with van der Waals surface area (Å²) in [5, 5.41) is 3.38. The zero-order chi connectivity index (χ0) is 15.1. The maximum atomic E-state index is 13.1. The summed E-state index contributed by atoms with van der Waals surface area (Å²) in [6, 6.07) is 14.8. The molecule has 1 unspecified atom stereocenters. The van der Waals surface area contributed by atoms with Gasteiger partial charge in [0.15, 0.2) is 0 Å². The van der Waals surface area contributed by atoms with Crippen LogP contribution in [0.15, 0.2) is 48.5 Å². The van der Waals surface area contributed by atoms with Gasteiger partial charge in [0.05, 0.1) is 7.11 Å². The Kier molecular flexibility index (Phi) is 5.76. The van der Waals surface area contributed by atoms with Gasteiger partial charge in [0.2, 0.25) is 0 Å². The summed E-state index contributed by atoms with van der Waals surface area (Å²) in [5.74, 6) is 1.00. The number of hydrogen-bond donors (Lipinski definition) is 1. The van der Waals surface area contributed by atoms with Crippen LogP contribution in [-0.2, 0) is 6.42 Å². The van der Waals surface area contributed by atoms with Gasteiger partial charge in [-0.25, -0.2) is 4.39 Å². The summed E-state index contributed by atoms with van der Waals surface area (Å²) in [7, 11) is 1.69. The lowest BCUT2D eigenvalue weighted by atomic mass is 9.91. The van der Waals surface area contributed by atoms with Crippen molar-refractivity contribution in [3.8, 4) is 5.75 Å². The number of rotatable bonds is 7. The Bertz CT molecular complexity index is 553. The standard InChI is InChI=1S/C18H22FNO/c1-3-20-13-16(14-8-10-17(19)11-9-14)12-15-6-4-5-7-18(15)21-2/h4-11,16,20H,3,12-13H2,1-2H3. The summed E-state index contributed by atoms with van der Waals surface area (Å²) in [6.07, 6.45) is 0.864. The Morgan fingerprint density at radius 1 is 1.10 bits per heavy atom. The van der Waals surface area contributed by atoms with E-state index in [4.69, 9.17) is 4.74 Å². The number of benzene rings is 2. The monoisotopic (exact) mass is 287 g/mol. The Labute approximate surface area is 126 Å². The first-order valence-electron chi connectivity index (χ1n) is 7.32. The predicted octanol–water partition coefficient (Wildman–Crippen LogP) is 3.77. The van der Waals surface area contributed by atoms with Crippen LogP contribution in [0.2, 0.25) is 0 Å². The van der Waals surface area contributed by atoms with E-state index >= 15 is 0 Å². The number of para-hydroxylation sites is 1. The predicted molar refractivity (Wildman–Crippen MR) is 84.4 cm³/mol. The van der Waals surface area contributed by atoms with Crippen molar-refractivity contribution in [3.63, 3.8) is 0 Å². The highest BCUT2D eigenvalue weighted by atomic mass is 19.1. The molecule has 0 amide bonds. The Balaban J connectivity index is 2.21. The molecular weight excluding hydrogens is 265 g/mol. The van der Waals surface area contributed by atoms with Crippen LogP contribution in [0.3, 0.4) is 0 Å². The lowest BCUT2D eigenvalue weighted by Gasteiger charge is -2.19. The van der Waals surface area contributed by atoms with Crippen molar-refractivity contribution >= 4 is 0 Å². The van der Waals surface area contributed by atoms with Crippen molar-refractivity contribution in [1.82, 2.24) is 5.32 Å². The van der Waals surface area contributed by atoms with E-state index in [0.717, 1.165) is 30.8 Å². The van der Waals surface area contributed by atoms with Crippen LogP contribution >= 0.6 is 0 Å². The van der Waals surface area contributed by atoms with Crippen molar-refractivity contribution in [2.24, 2.45) is 0 Å². The molecule has 2 rings (SSSR count). The Morgan fingerprint density at radius 3 is 2.48 bits per heavy atom. The van der Waals surface area contributed by atoms with E-state index in [9.17, 15) is 4.39 Å². The maximum absolute atomic E-state index is 13.1. The molecule has 0 saturated heterocycles. The fourth-order valence-corrected chi connectivity index (χ4v) is 2.50. The summed E-state index contributed by atoms with van der Waals surface area (Å²) in [4.78, 5) is 0. The van der Waals surface area contributed by atoms with E-state index in [1.807, 2.05) is 30.3 Å². The third-order valence-corrected chi connectivity index (χ3v) is 3.64. The molecule has 0 aliphatic heterocycles. The van der Waals surface area contributed by atoms with Gasteiger partial charge < -0.3 is 10.1 Å². The number of ether oxygens (including phenoxy) is 1. The topological polar surface area (TPSA) is 21.3 Å². The van der Waals surface area contributed by atoms with Crippen LogP contribution < -0.4 is 10.1 Å². The van der Waals surface area contributed by atoms with Crippen molar-refractivity contribution in [3.05, 3.63) is 65.5 Å². The number of likely N-dealkylation sites (N-methyl/N-ethyl adjacent to an activating group) is 1. The SMILES string of the molecule is CCNCC(Cc1ccccc1OC)c1ccc(F)cc1. The van der Waals surface area contributed by atoms with Gasteiger partial charge in [-0.05, 0) is 42.3 Å². The number of nitrogens with one attached hydrogen (secondary N) is 1. The smallest absolute Gasteiger partial charge is 0.123 e. The van der Waals surface area contributed by atoms with E-state index in [0.29, 0.717) is 5.92 Å². The molecule has 0 bridgehead atoms. The molecule has 2 nitrogen and oxygen atoms in total. The molecule has 0 radical (unpaired) electrons. The van der Waals surface area contributed by atoms with E-state index in [1.54, 1.807) is 7.11 Å².